The predicted octanol–water partition coefficient (Wildman–Crippen LogP) is 3.07. The summed E-state index contributed by atoms with van der Waals surface area (Å²) in [6, 6.07) is 10.8. The molecule has 1 aromatic heterocycles. The highest BCUT2D eigenvalue weighted by Gasteiger charge is 2.09. The lowest BCUT2D eigenvalue weighted by atomic mass is 10.1. The van der Waals surface area contributed by atoms with E-state index in [9.17, 15) is 9.59 Å². The number of nitrogens with zero attached hydrogens (tertiary/aromatic N) is 1. The van der Waals surface area contributed by atoms with Crippen LogP contribution in [0.3, 0.4) is 0 Å². The first-order valence-electron chi connectivity index (χ1n) is 8.39. The Morgan fingerprint density at radius 1 is 1.04 bits per heavy atom. The van der Waals surface area contributed by atoms with Crippen LogP contribution in [-0.2, 0) is 17.9 Å². The van der Waals surface area contributed by atoms with Gasteiger partial charge in [0, 0.05) is 37.1 Å². The molecular formula is C19H24N4O2. The van der Waals surface area contributed by atoms with Gasteiger partial charge >= 0.3 is 6.03 Å². The third-order valence-electron chi connectivity index (χ3n) is 3.91. The number of rotatable bonds is 7. The Hall–Kier alpha value is -2.89. The van der Waals surface area contributed by atoms with Gasteiger partial charge in [-0.2, -0.15) is 0 Å². The van der Waals surface area contributed by atoms with Crippen molar-refractivity contribution >= 4 is 17.6 Å². The molecule has 1 atom stereocenters. The van der Waals surface area contributed by atoms with E-state index in [-0.39, 0.29) is 17.9 Å². The maximum absolute atomic E-state index is 12.0. The summed E-state index contributed by atoms with van der Waals surface area (Å²) in [5.74, 6) is 0.0382. The number of hydrogen-bond donors (Lipinski definition) is 3. The van der Waals surface area contributed by atoms with Crippen molar-refractivity contribution in [2.45, 2.75) is 33.4 Å². The number of anilines is 1. The monoisotopic (exact) mass is 340 g/mol. The van der Waals surface area contributed by atoms with Crippen molar-refractivity contribution in [3.8, 4) is 0 Å². The van der Waals surface area contributed by atoms with E-state index in [1.165, 1.54) is 0 Å². The molecule has 0 saturated heterocycles. The van der Waals surface area contributed by atoms with E-state index in [1.807, 2.05) is 50.2 Å². The van der Waals surface area contributed by atoms with Gasteiger partial charge in [-0.05, 0) is 41.8 Å². The maximum Gasteiger partial charge on any atom is 0.319 e. The Morgan fingerprint density at radius 3 is 2.48 bits per heavy atom. The van der Waals surface area contributed by atoms with Crippen molar-refractivity contribution in [2.75, 3.05) is 5.32 Å². The molecule has 0 radical (unpaired) electrons. The lowest BCUT2D eigenvalue weighted by Crippen LogP contribution is -2.29. The predicted molar refractivity (Wildman–Crippen MR) is 97.8 cm³/mol. The molecule has 0 fully saturated rings. The minimum Gasteiger partial charge on any atom is -0.352 e. The van der Waals surface area contributed by atoms with Crippen LogP contribution < -0.4 is 16.0 Å². The number of urea groups is 1. The number of amides is 3. The van der Waals surface area contributed by atoms with E-state index >= 15 is 0 Å². The Kier molecular flexibility index (Phi) is 6.95. The number of carbonyl (C=O) groups is 2. The summed E-state index contributed by atoms with van der Waals surface area (Å²) in [5.41, 5.74) is 2.60. The highest BCUT2D eigenvalue weighted by atomic mass is 16.2. The molecule has 6 nitrogen and oxygen atoms in total. The summed E-state index contributed by atoms with van der Waals surface area (Å²) in [6.45, 7) is 4.76. The first-order valence-corrected chi connectivity index (χ1v) is 8.39. The van der Waals surface area contributed by atoms with E-state index < -0.39 is 0 Å². The second kappa shape index (κ2) is 9.42. The summed E-state index contributed by atoms with van der Waals surface area (Å²) in [5, 5.41) is 8.49. The Balaban J connectivity index is 1.84. The molecule has 3 amide bonds. The fraction of sp³-hybridized carbons (Fsp3) is 0.316. The summed E-state index contributed by atoms with van der Waals surface area (Å²) < 4.78 is 0. The van der Waals surface area contributed by atoms with Crippen LogP contribution in [0, 0.1) is 5.92 Å². The molecule has 0 unspecified atom stereocenters. The third-order valence-corrected chi connectivity index (χ3v) is 3.91. The second-order valence-corrected chi connectivity index (χ2v) is 5.89. The fourth-order valence-corrected chi connectivity index (χ4v) is 2.17. The van der Waals surface area contributed by atoms with Crippen molar-refractivity contribution in [1.82, 2.24) is 15.6 Å². The molecule has 0 spiro atoms. The van der Waals surface area contributed by atoms with E-state index in [2.05, 4.69) is 20.9 Å². The third kappa shape index (κ3) is 6.25. The van der Waals surface area contributed by atoms with Crippen molar-refractivity contribution in [1.29, 1.82) is 0 Å². The van der Waals surface area contributed by atoms with Crippen molar-refractivity contribution in [3.05, 3.63) is 59.9 Å². The molecule has 0 aliphatic carbocycles. The number of aromatic nitrogens is 1. The van der Waals surface area contributed by atoms with Gasteiger partial charge in [0.1, 0.15) is 0 Å². The van der Waals surface area contributed by atoms with Crippen LogP contribution in [0.5, 0.6) is 0 Å². The van der Waals surface area contributed by atoms with E-state index in [4.69, 9.17) is 0 Å². The van der Waals surface area contributed by atoms with Gasteiger partial charge in [-0.25, -0.2) is 4.79 Å². The summed E-state index contributed by atoms with van der Waals surface area (Å²) in [6.07, 6.45) is 4.18. The van der Waals surface area contributed by atoms with E-state index in [0.717, 1.165) is 17.5 Å². The van der Waals surface area contributed by atoms with Crippen molar-refractivity contribution < 1.29 is 9.59 Å². The van der Waals surface area contributed by atoms with Crippen LogP contribution in [0.4, 0.5) is 10.5 Å². The molecular weight excluding hydrogens is 316 g/mol. The van der Waals surface area contributed by atoms with Crippen molar-refractivity contribution in [3.63, 3.8) is 0 Å². The molecule has 2 aromatic rings. The van der Waals surface area contributed by atoms with Gasteiger partial charge in [0.25, 0.3) is 0 Å². The zero-order valence-corrected chi connectivity index (χ0v) is 14.6. The van der Waals surface area contributed by atoms with Gasteiger partial charge in [0.2, 0.25) is 5.91 Å². The molecule has 0 saturated carbocycles. The van der Waals surface area contributed by atoms with E-state index in [0.29, 0.717) is 18.8 Å². The molecule has 2 rings (SSSR count). The molecule has 3 N–H and O–H groups in total. The quantitative estimate of drug-likeness (QED) is 0.724. The number of hydrogen-bond acceptors (Lipinski definition) is 3. The normalized spacial score (nSPS) is 11.4. The smallest absolute Gasteiger partial charge is 0.319 e. The van der Waals surface area contributed by atoms with Crippen LogP contribution in [0.2, 0.25) is 0 Å². The topological polar surface area (TPSA) is 83.1 Å². The average molecular weight is 340 g/mol. The van der Waals surface area contributed by atoms with Crippen molar-refractivity contribution in [2.24, 2.45) is 5.92 Å². The number of carbonyl (C=O) groups excluding carboxylic acids is 2. The molecule has 132 valence electrons. The molecule has 0 bridgehead atoms. The minimum absolute atomic E-state index is 0.000252. The van der Waals surface area contributed by atoms with Crippen LogP contribution >= 0.6 is 0 Å². The molecule has 1 heterocycles. The minimum atomic E-state index is -0.280. The van der Waals surface area contributed by atoms with Gasteiger partial charge in [-0.1, -0.05) is 26.0 Å². The first-order chi connectivity index (χ1) is 12.1. The Labute approximate surface area is 148 Å². The van der Waals surface area contributed by atoms with Gasteiger partial charge in [0.05, 0.1) is 0 Å². The number of pyridine rings is 1. The zero-order chi connectivity index (χ0) is 18.1. The summed E-state index contributed by atoms with van der Waals surface area (Å²) >= 11 is 0. The van der Waals surface area contributed by atoms with Gasteiger partial charge in [-0.15, -0.1) is 0 Å². The summed E-state index contributed by atoms with van der Waals surface area (Å²) in [4.78, 5) is 27.8. The summed E-state index contributed by atoms with van der Waals surface area (Å²) in [7, 11) is 0. The number of benzene rings is 1. The van der Waals surface area contributed by atoms with Crippen LogP contribution in [-0.4, -0.2) is 16.9 Å². The Bertz CT molecular complexity index is 704. The standard InChI is InChI=1S/C19H24N4O2/c1-3-14(2)18(24)21-13-16-5-4-6-17(11-16)23-19(25)22-12-15-7-9-20-10-8-15/h4-11,14H,3,12-13H2,1-2H3,(H,21,24)(H2,22,23,25)/t14-/m0/s1. The van der Waals surface area contributed by atoms with E-state index in [1.54, 1.807) is 12.4 Å². The van der Waals surface area contributed by atoms with Gasteiger partial charge < -0.3 is 16.0 Å². The molecule has 25 heavy (non-hydrogen) atoms. The highest BCUT2D eigenvalue weighted by molar-refractivity contribution is 5.89. The van der Waals surface area contributed by atoms with Gasteiger partial charge in [-0.3, -0.25) is 9.78 Å². The molecule has 1 aromatic carbocycles. The average Bonchev–Trinajstić information content (AvgIpc) is 2.65. The highest BCUT2D eigenvalue weighted by Crippen LogP contribution is 2.11. The van der Waals surface area contributed by atoms with Crippen LogP contribution in [0.15, 0.2) is 48.8 Å². The lowest BCUT2D eigenvalue weighted by Gasteiger charge is -2.11. The lowest BCUT2D eigenvalue weighted by molar-refractivity contribution is -0.124. The second-order valence-electron chi connectivity index (χ2n) is 5.89. The maximum atomic E-state index is 12.0. The Morgan fingerprint density at radius 2 is 1.76 bits per heavy atom. The molecule has 0 aliphatic heterocycles. The fourth-order valence-electron chi connectivity index (χ4n) is 2.17. The largest absolute Gasteiger partial charge is 0.352 e. The number of nitrogens with one attached hydrogen (secondary N) is 3. The molecule has 0 aliphatic rings. The molecule has 6 heteroatoms. The SMILES string of the molecule is CC[C@H](C)C(=O)NCc1cccc(NC(=O)NCc2ccncc2)c1. The van der Waals surface area contributed by atoms with Gasteiger partial charge in [0.15, 0.2) is 0 Å². The zero-order valence-electron chi connectivity index (χ0n) is 14.6. The first kappa shape index (κ1) is 18.4. The van der Waals surface area contributed by atoms with Crippen LogP contribution in [0.25, 0.3) is 0 Å². The van der Waals surface area contributed by atoms with Crippen LogP contribution in [0.1, 0.15) is 31.4 Å².